The molecule has 1 aromatic rings. The monoisotopic (exact) mass is 320 g/mol. The predicted octanol–water partition coefficient (Wildman–Crippen LogP) is 1.91. The lowest BCUT2D eigenvalue weighted by Gasteiger charge is -2.29. The third-order valence-corrected chi connectivity index (χ3v) is 4.93. The highest BCUT2D eigenvalue weighted by Gasteiger charge is 2.31. The number of benzene rings is 1. The first-order valence-electron chi connectivity index (χ1n) is 5.41. The summed E-state index contributed by atoms with van der Waals surface area (Å²) in [6.45, 7) is 0.388. The van der Waals surface area contributed by atoms with Crippen molar-refractivity contribution in [2.75, 3.05) is 19.7 Å². The Hall–Kier alpha value is -0.840. The predicted molar refractivity (Wildman–Crippen MR) is 70.6 cm³/mol. The van der Waals surface area contributed by atoms with Crippen LogP contribution in [0.3, 0.4) is 0 Å². The van der Waals surface area contributed by atoms with E-state index < -0.39 is 16.1 Å². The standard InChI is InChI=1S/C11H10Cl2N2O3S/c12-8-3-9(13)5-11(4-8)19(16,17)15-1-2-18-10(6-14)7-15/h3-5,10H,1-2,7H2. The van der Waals surface area contributed by atoms with Gasteiger partial charge >= 0.3 is 0 Å². The molecule has 0 radical (unpaired) electrons. The van der Waals surface area contributed by atoms with E-state index in [0.717, 1.165) is 0 Å². The summed E-state index contributed by atoms with van der Waals surface area (Å²) in [4.78, 5) is 0.0172. The van der Waals surface area contributed by atoms with Gasteiger partial charge in [0.15, 0.2) is 6.10 Å². The number of nitriles is 1. The number of nitrogens with zero attached hydrogens (tertiary/aromatic N) is 2. The smallest absolute Gasteiger partial charge is 0.243 e. The van der Waals surface area contributed by atoms with Gasteiger partial charge in [0.1, 0.15) is 0 Å². The summed E-state index contributed by atoms with van der Waals surface area (Å²) in [7, 11) is -3.72. The van der Waals surface area contributed by atoms with Crippen molar-refractivity contribution in [2.24, 2.45) is 0 Å². The Kier molecular flexibility index (Phi) is 4.33. The van der Waals surface area contributed by atoms with Crippen LogP contribution in [0.4, 0.5) is 0 Å². The van der Waals surface area contributed by atoms with Gasteiger partial charge in [-0.15, -0.1) is 0 Å². The molecule has 0 amide bonds. The highest BCUT2D eigenvalue weighted by atomic mass is 35.5. The molecule has 1 aliphatic rings. The molecule has 0 N–H and O–H groups in total. The first-order chi connectivity index (χ1) is 8.93. The van der Waals surface area contributed by atoms with Gasteiger partial charge in [-0.1, -0.05) is 23.2 Å². The molecule has 1 unspecified atom stereocenters. The van der Waals surface area contributed by atoms with Crippen molar-refractivity contribution in [1.29, 1.82) is 5.26 Å². The van der Waals surface area contributed by atoms with Gasteiger partial charge in [-0.25, -0.2) is 8.42 Å². The van der Waals surface area contributed by atoms with Crippen LogP contribution in [0.2, 0.25) is 10.0 Å². The van der Waals surface area contributed by atoms with E-state index in [1.807, 2.05) is 6.07 Å². The molecular weight excluding hydrogens is 311 g/mol. The Morgan fingerprint density at radius 1 is 1.32 bits per heavy atom. The van der Waals surface area contributed by atoms with Crippen molar-refractivity contribution in [3.8, 4) is 6.07 Å². The number of morpholine rings is 1. The van der Waals surface area contributed by atoms with Crippen molar-refractivity contribution in [1.82, 2.24) is 4.31 Å². The molecule has 19 heavy (non-hydrogen) atoms. The van der Waals surface area contributed by atoms with Gasteiger partial charge in [-0.05, 0) is 18.2 Å². The van der Waals surface area contributed by atoms with E-state index in [-0.39, 0.29) is 34.6 Å². The lowest BCUT2D eigenvalue weighted by atomic mass is 10.3. The fourth-order valence-electron chi connectivity index (χ4n) is 1.75. The second-order valence-corrected chi connectivity index (χ2v) is 6.77. The Balaban J connectivity index is 2.34. The van der Waals surface area contributed by atoms with E-state index in [1.54, 1.807) is 0 Å². The van der Waals surface area contributed by atoms with Crippen LogP contribution < -0.4 is 0 Å². The summed E-state index contributed by atoms with van der Waals surface area (Å²) in [5, 5.41) is 9.29. The first kappa shape index (κ1) is 14.6. The van der Waals surface area contributed by atoms with Crippen LogP contribution in [0.1, 0.15) is 0 Å². The lowest BCUT2D eigenvalue weighted by Crippen LogP contribution is -2.45. The molecule has 1 atom stereocenters. The van der Waals surface area contributed by atoms with Crippen molar-refractivity contribution in [2.45, 2.75) is 11.0 Å². The van der Waals surface area contributed by atoms with Gasteiger partial charge in [-0.3, -0.25) is 0 Å². The molecule has 0 bridgehead atoms. The second kappa shape index (κ2) is 5.65. The minimum absolute atomic E-state index is 0.00294. The van der Waals surface area contributed by atoms with Crippen molar-refractivity contribution >= 4 is 33.2 Å². The Bertz CT molecular complexity index is 607. The third-order valence-electron chi connectivity index (χ3n) is 2.65. The Morgan fingerprint density at radius 2 is 1.95 bits per heavy atom. The van der Waals surface area contributed by atoms with E-state index in [9.17, 15) is 8.42 Å². The van der Waals surface area contributed by atoms with Crippen LogP contribution in [-0.4, -0.2) is 38.5 Å². The summed E-state index contributed by atoms with van der Waals surface area (Å²) in [6, 6.07) is 6.02. The van der Waals surface area contributed by atoms with E-state index in [2.05, 4.69) is 0 Å². The van der Waals surface area contributed by atoms with Gasteiger partial charge in [0.05, 0.1) is 24.1 Å². The topological polar surface area (TPSA) is 70.4 Å². The van der Waals surface area contributed by atoms with Crippen molar-refractivity contribution < 1.29 is 13.2 Å². The zero-order valence-corrected chi connectivity index (χ0v) is 12.0. The minimum atomic E-state index is -3.72. The number of hydrogen-bond donors (Lipinski definition) is 0. The largest absolute Gasteiger partial charge is 0.361 e. The van der Waals surface area contributed by atoms with Gasteiger partial charge < -0.3 is 4.74 Å². The molecule has 1 fully saturated rings. The van der Waals surface area contributed by atoms with E-state index in [0.29, 0.717) is 0 Å². The SMILES string of the molecule is N#CC1CN(S(=O)(=O)c2cc(Cl)cc(Cl)c2)CCO1. The molecule has 1 aromatic carbocycles. The van der Waals surface area contributed by atoms with E-state index >= 15 is 0 Å². The third kappa shape index (κ3) is 3.19. The van der Waals surface area contributed by atoms with Crippen LogP contribution in [0.15, 0.2) is 23.1 Å². The molecular formula is C11H10Cl2N2O3S. The molecule has 5 nitrogen and oxygen atoms in total. The maximum atomic E-state index is 12.4. The Morgan fingerprint density at radius 3 is 2.53 bits per heavy atom. The van der Waals surface area contributed by atoms with Gasteiger partial charge in [0.25, 0.3) is 0 Å². The molecule has 1 heterocycles. The fourth-order valence-corrected chi connectivity index (χ4v) is 3.90. The summed E-state index contributed by atoms with van der Waals surface area (Å²) >= 11 is 11.6. The number of halogens is 2. The molecule has 8 heteroatoms. The molecule has 0 aromatic heterocycles. The normalized spacial score (nSPS) is 21.0. The van der Waals surface area contributed by atoms with Gasteiger partial charge in [0, 0.05) is 16.6 Å². The zero-order valence-electron chi connectivity index (χ0n) is 9.71. The van der Waals surface area contributed by atoms with Crippen LogP contribution in [0, 0.1) is 11.3 Å². The van der Waals surface area contributed by atoms with Crippen LogP contribution in [-0.2, 0) is 14.8 Å². The summed E-state index contributed by atoms with van der Waals surface area (Å²) in [5.74, 6) is 0. The zero-order chi connectivity index (χ0) is 14.0. The maximum absolute atomic E-state index is 12.4. The summed E-state index contributed by atoms with van der Waals surface area (Å²) < 4.78 is 31.1. The van der Waals surface area contributed by atoms with Crippen molar-refractivity contribution in [3.05, 3.63) is 28.2 Å². The highest BCUT2D eigenvalue weighted by molar-refractivity contribution is 7.89. The average molecular weight is 321 g/mol. The minimum Gasteiger partial charge on any atom is -0.361 e. The number of hydrogen-bond acceptors (Lipinski definition) is 4. The second-order valence-electron chi connectivity index (χ2n) is 3.96. The molecule has 1 aliphatic heterocycles. The fraction of sp³-hybridized carbons (Fsp3) is 0.364. The lowest BCUT2D eigenvalue weighted by molar-refractivity contribution is 0.0311. The van der Waals surface area contributed by atoms with Gasteiger partial charge in [0.2, 0.25) is 10.0 Å². The van der Waals surface area contributed by atoms with Crippen molar-refractivity contribution in [3.63, 3.8) is 0 Å². The molecule has 0 spiro atoms. The van der Waals surface area contributed by atoms with E-state index in [1.165, 1.54) is 22.5 Å². The van der Waals surface area contributed by atoms with Crippen LogP contribution in [0.5, 0.6) is 0 Å². The van der Waals surface area contributed by atoms with Crippen LogP contribution in [0.25, 0.3) is 0 Å². The number of ether oxygens (including phenoxy) is 1. The average Bonchev–Trinajstić information content (AvgIpc) is 2.37. The van der Waals surface area contributed by atoms with Crippen LogP contribution >= 0.6 is 23.2 Å². The van der Waals surface area contributed by atoms with E-state index in [4.69, 9.17) is 33.2 Å². The summed E-state index contributed by atoms with van der Waals surface area (Å²) in [6.07, 6.45) is -0.752. The molecule has 102 valence electrons. The molecule has 2 rings (SSSR count). The number of rotatable bonds is 2. The Labute approximate surface area is 121 Å². The number of sulfonamides is 1. The molecule has 0 saturated carbocycles. The maximum Gasteiger partial charge on any atom is 0.243 e. The summed E-state index contributed by atoms with van der Waals surface area (Å²) in [5.41, 5.74) is 0. The highest BCUT2D eigenvalue weighted by Crippen LogP contribution is 2.25. The van der Waals surface area contributed by atoms with Gasteiger partial charge in [-0.2, -0.15) is 9.57 Å². The molecule has 0 aliphatic carbocycles. The molecule has 1 saturated heterocycles. The quantitative estimate of drug-likeness (QED) is 0.834. The first-order valence-corrected chi connectivity index (χ1v) is 7.60.